The van der Waals surface area contributed by atoms with Gasteiger partial charge in [0, 0.05) is 54.6 Å². The van der Waals surface area contributed by atoms with E-state index in [9.17, 15) is 4.79 Å². The summed E-state index contributed by atoms with van der Waals surface area (Å²) in [5, 5.41) is 0.744. The first kappa shape index (κ1) is 54.2. The van der Waals surface area contributed by atoms with Gasteiger partial charge in [-0.25, -0.2) is 4.79 Å². The number of piperazine rings is 1. The summed E-state index contributed by atoms with van der Waals surface area (Å²) in [6, 6.07) is 14.6. The molecule has 2 aromatic carbocycles. The van der Waals surface area contributed by atoms with E-state index in [-0.39, 0.29) is 12.7 Å². The smallest absolute Gasteiger partial charge is 0.409 e. The molecule has 1 saturated heterocycles. The number of nitrogens with zero attached hydrogens (tertiary/aromatic N) is 3. The van der Waals surface area contributed by atoms with Crippen LogP contribution in [0, 0.1) is 0 Å². The summed E-state index contributed by atoms with van der Waals surface area (Å²) >= 11 is 8.17. The number of hydrogen-bond acceptors (Lipinski definition) is 17. The highest BCUT2D eigenvalue weighted by Gasteiger charge is 2.25. The van der Waals surface area contributed by atoms with Gasteiger partial charge in [-0.05, 0) is 43.3 Å². The predicted octanol–water partition coefficient (Wildman–Crippen LogP) is 4.92. The summed E-state index contributed by atoms with van der Waals surface area (Å²) < 4.78 is 70.7. The van der Waals surface area contributed by atoms with Crippen molar-refractivity contribution in [2.75, 3.05) is 210 Å². The molecule has 2 aromatic rings. The van der Waals surface area contributed by atoms with Gasteiger partial charge in [-0.15, -0.1) is 0 Å². The molecule has 364 valence electrons. The lowest BCUT2D eigenvalue weighted by Crippen LogP contribution is -2.49. The lowest BCUT2D eigenvalue weighted by molar-refractivity contribution is -0.0285. The van der Waals surface area contributed by atoms with Crippen LogP contribution in [0.5, 0.6) is 0 Å². The van der Waals surface area contributed by atoms with E-state index in [4.69, 9.17) is 73.2 Å². The lowest BCUT2D eigenvalue weighted by atomic mass is 10.2. The minimum Gasteiger partial charge on any atom is -0.447 e. The summed E-state index contributed by atoms with van der Waals surface area (Å²) in [5.41, 5.74) is 2.38. The molecule has 2 aliphatic heterocycles. The van der Waals surface area contributed by atoms with E-state index >= 15 is 0 Å². The number of hydrogen-bond donors (Lipinski definition) is 0. The Morgan fingerprint density at radius 1 is 0.500 bits per heavy atom. The average Bonchev–Trinajstić information content (AvgIpc) is 3.31. The van der Waals surface area contributed by atoms with Crippen molar-refractivity contribution >= 4 is 40.8 Å². The number of amides is 1. The van der Waals surface area contributed by atoms with Crippen LogP contribution in [-0.2, 0) is 61.6 Å². The zero-order chi connectivity index (χ0) is 45.0. The van der Waals surface area contributed by atoms with E-state index in [0.717, 1.165) is 43.3 Å². The Bertz CT molecular complexity index is 1470. The molecule has 19 heteroatoms. The van der Waals surface area contributed by atoms with E-state index < -0.39 is 0 Å². The van der Waals surface area contributed by atoms with Gasteiger partial charge in [0.05, 0.1) is 163 Å². The van der Waals surface area contributed by atoms with Gasteiger partial charge in [0.1, 0.15) is 6.61 Å². The minimum atomic E-state index is -0.292. The number of ether oxygens (including phenoxy) is 13. The molecule has 0 bridgehead atoms. The number of halogens is 1. The molecular weight excluding hydrogens is 874 g/mol. The van der Waals surface area contributed by atoms with Crippen LogP contribution >= 0.6 is 23.4 Å². The van der Waals surface area contributed by atoms with Crippen LogP contribution in [0.25, 0.3) is 0 Å². The SMILES string of the molecule is COCCOCCOCCOCCOCCOCCOCCOCCOCCOCCOCCOCCOC(=O)N1CCN(CCCN2c3ccccc3Sc3ccc(Cl)cc32)CC1. The van der Waals surface area contributed by atoms with Gasteiger partial charge in [-0.3, -0.25) is 4.90 Å². The summed E-state index contributed by atoms with van der Waals surface area (Å²) in [4.78, 5) is 21.7. The molecular formula is C45H72ClN3O14S. The molecule has 0 saturated carbocycles. The maximum absolute atomic E-state index is 12.6. The highest BCUT2D eigenvalue weighted by Crippen LogP contribution is 2.48. The van der Waals surface area contributed by atoms with E-state index in [1.807, 2.05) is 6.07 Å². The molecule has 0 radical (unpaired) electrons. The molecule has 0 N–H and O–H groups in total. The minimum absolute atomic E-state index is 0.208. The number of methoxy groups -OCH3 is 1. The molecule has 4 rings (SSSR count). The van der Waals surface area contributed by atoms with Crippen LogP contribution in [-0.4, -0.2) is 221 Å². The highest BCUT2D eigenvalue weighted by atomic mass is 35.5. The van der Waals surface area contributed by atoms with Gasteiger partial charge in [0.25, 0.3) is 0 Å². The Morgan fingerprint density at radius 2 is 0.906 bits per heavy atom. The maximum Gasteiger partial charge on any atom is 0.409 e. The topological polar surface area (TPSA) is 147 Å². The van der Waals surface area contributed by atoms with E-state index in [0.29, 0.717) is 165 Å². The standard InChI is InChI=1S/C45H72ClN3O14S/c1-51-15-16-52-17-18-53-19-20-54-21-22-55-23-24-56-25-26-57-27-28-58-29-30-59-31-32-60-33-34-61-35-36-62-37-38-63-45(50)48-13-11-47(12-14-48)9-4-10-49-41-5-2-3-6-43(41)64-44-8-7-40(46)39-42(44)49/h2-3,5-8,39H,4,9-38H2,1H3. The van der Waals surface area contributed by atoms with E-state index in [1.54, 1.807) is 23.8 Å². The molecule has 1 amide bonds. The number of carbonyl (C=O) groups excluding carboxylic acids is 1. The predicted molar refractivity (Wildman–Crippen MR) is 244 cm³/mol. The molecule has 0 aliphatic carbocycles. The van der Waals surface area contributed by atoms with Crippen molar-refractivity contribution < 1.29 is 66.4 Å². The number of anilines is 2. The molecule has 0 spiro atoms. The Balaban J connectivity index is 0.812. The fourth-order valence-corrected chi connectivity index (χ4v) is 7.61. The van der Waals surface area contributed by atoms with Crippen molar-refractivity contribution in [2.45, 2.75) is 16.2 Å². The molecule has 0 unspecified atom stereocenters. The number of benzene rings is 2. The first-order valence-electron chi connectivity index (χ1n) is 22.5. The summed E-state index contributed by atoms with van der Waals surface area (Å²) in [5.74, 6) is 0. The Labute approximate surface area is 389 Å². The van der Waals surface area contributed by atoms with Crippen molar-refractivity contribution in [1.82, 2.24) is 9.80 Å². The van der Waals surface area contributed by atoms with Crippen molar-refractivity contribution in [2.24, 2.45) is 0 Å². The van der Waals surface area contributed by atoms with E-state index in [2.05, 4.69) is 46.2 Å². The second-order valence-electron chi connectivity index (χ2n) is 14.4. The van der Waals surface area contributed by atoms with Crippen molar-refractivity contribution in [3.8, 4) is 0 Å². The molecule has 1 fully saturated rings. The average molecular weight is 947 g/mol. The molecule has 64 heavy (non-hydrogen) atoms. The number of para-hydroxylation sites is 1. The van der Waals surface area contributed by atoms with E-state index in [1.165, 1.54) is 15.5 Å². The highest BCUT2D eigenvalue weighted by molar-refractivity contribution is 7.99. The van der Waals surface area contributed by atoms with Gasteiger partial charge >= 0.3 is 6.09 Å². The first-order chi connectivity index (χ1) is 31.7. The van der Waals surface area contributed by atoms with Crippen LogP contribution < -0.4 is 4.90 Å². The fourth-order valence-electron chi connectivity index (χ4n) is 6.37. The molecule has 2 heterocycles. The van der Waals surface area contributed by atoms with Crippen LogP contribution in [0.2, 0.25) is 5.02 Å². The fraction of sp³-hybridized carbons (Fsp3) is 0.711. The van der Waals surface area contributed by atoms with Crippen LogP contribution in [0.1, 0.15) is 6.42 Å². The van der Waals surface area contributed by atoms with Gasteiger partial charge in [-0.1, -0.05) is 35.5 Å². The van der Waals surface area contributed by atoms with Crippen LogP contribution in [0.15, 0.2) is 52.3 Å². The third-order valence-electron chi connectivity index (χ3n) is 9.68. The van der Waals surface area contributed by atoms with Gasteiger partial charge < -0.3 is 71.4 Å². The van der Waals surface area contributed by atoms with Crippen molar-refractivity contribution in [3.63, 3.8) is 0 Å². The van der Waals surface area contributed by atoms with Gasteiger partial charge in [-0.2, -0.15) is 0 Å². The second-order valence-corrected chi connectivity index (χ2v) is 15.9. The molecule has 17 nitrogen and oxygen atoms in total. The first-order valence-corrected chi connectivity index (χ1v) is 23.7. The normalized spacial score (nSPS) is 14.0. The van der Waals surface area contributed by atoms with Crippen LogP contribution in [0.3, 0.4) is 0 Å². The Morgan fingerprint density at radius 3 is 1.36 bits per heavy atom. The third-order valence-corrected chi connectivity index (χ3v) is 11.0. The maximum atomic E-state index is 12.6. The summed E-state index contributed by atoms with van der Waals surface area (Å²) in [7, 11) is 1.64. The summed E-state index contributed by atoms with van der Waals surface area (Å²) in [6.45, 7) is 16.3. The molecule has 2 aliphatic rings. The number of carbonyl (C=O) groups is 1. The Hall–Kier alpha value is -2.37. The lowest BCUT2D eigenvalue weighted by Gasteiger charge is -2.36. The quantitative estimate of drug-likeness (QED) is 0.0833. The number of rotatable bonds is 40. The zero-order valence-electron chi connectivity index (χ0n) is 37.8. The molecule has 0 atom stereocenters. The Kier molecular flexibility index (Phi) is 31.1. The zero-order valence-corrected chi connectivity index (χ0v) is 39.4. The van der Waals surface area contributed by atoms with Crippen LogP contribution in [0.4, 0.5) is 16.2 Å². The summed E-state index contributed by atoms with van der Waals surface area (Å²) in [6.07, 6.45) is 0.704. The molecule has 0 aromatic heterocycles. The van der Waals surface area contributed by atoms with Gasteiger partial charge in [0.2, 0.25) is 0 Å². The second kappa shape index (κ2) is 36.7. The largest absolute Gasteiger partial charge is 0.447 e. The third kappa shape index (κ3) is 24.4. The van der Waals surface area contributed by atoms with Crippen molar-refractivity contribution in [1.29, 1.82) is 0 Å². The number of fused-ring (bicyclic) bond motifs is 2. The monoisotopic (exact) mass is 945 g/mol. The van der Waals surface area contributed by atoms with Crippen molar-refractivity contribution in [3.05, 3.63) is 47.5 Å². The van der Waals surface area contributed by atoms with Gasteiger partial charge in [0.15, 0.2) is 0 Å².